The van der Waals surface area contributed by atoms with Crippen LogP contribution in [-0.4, -0.2) is 8.42 Å². The number of fused-ring (bicyclic) bond motifs is 1. The van der Waals surface area contributed by atoms with E-state index in [9.17, 15) is 13.2 Å². The molecule has 0 amide bonds. The van der Waals surface area contributed by atoms with Gasteiger partial charge in [0.25, 0.3) is 10.0 Å². The van der Waals surface area contributed by atoms with Crippen LogP contribution in [0.3, 0.4) is 0 Å². The number of hydrogen-bond acceptors (Lipinski definition) is 5. The minimum atomic E-state index is -3.82. The molecule has 3 rings (SSSR count). The fraction of sp³-hybridized carbons (Fsp3) is 0. The van der Waals surface area contributed by atoms with Crippen molar-refractivity contribution in [1.82, 2.24) is 0 Å². The van der Waals surface area contributed by atoms with Crippen LogP contribution in [0.5, 0.6) is 0 Å². The molecule has 23 heavy (non-hydrogen) atoms. The quantitative estimate of drug-likeness (QED) is 0.745. The van der Waals surface area contributed by atoms with Crippen LogP contribution in [0.2, 0.25) is 0 Å². The highest BCUT2D eigenvalue weighted by molar-refractivity contribution is 7.92. The van der Waals surface area contributed by atoms with E-state index in [1.54, 1.807) is 12.1 Å². The maximum atomic E-state index is 12.4. The summed E-state index contributed by atoms with van der Waals surface area (Å²) in [5.41, 5.74) is 0.480. The summed E-state index contributed by atoms with van der Waals surface area (Å²) in [6, 6.07) is 15.0. The van der Waals surface area contributed by atoms with Crippen molar-refractivity contribution in [1.29, 1.82) is 5.26 Å². The van der Waals surface area contributed by atoms with E-state index in [0.717, 1.165) is 0 Å². The summed E-state index contributed by atoms with van der Waals surface area (Å²) >= 11 is 0. The smallest absolute Gasteiger partial charge is 0.336 e. The molecule has 114 valence electrons. The average Bonchev–Trinajstić information content (AvgIpc) is 2.55. The maximum Gasteiger partial charge on any atom is 0.336 e. The van der Waals surface area contributed by atoms with E-state index in [0.29, 0.717) is 16.7 Å². The molecule has 7 heteroatoms. The third kappa shape index (κ3) is 3.07. The summed E-state index contributed by atoms with van der Waals surface area (Å²) in [7, 11) is -3.82. The highest BCUT2D eigenvalue weighted by Crippen LogP contribution is 2.21. The lowest BCUT2D eigenvalue weighted by Crippen LogP contribution is -2.13. The molecule has 1 heterocycles. The minimum absolute atomic E-state index is 0.00348. The normalized spacial score (nSPS) is 11.1. The Morgan fingerprint density at radius 2 is 1.87 bits per heavy atom. The zero-order valence-electron chi connectivity index (χ0n) is 11.7. The number of sulfonamides is 1. The first kappa shape index (κ1) is 14.8. The molecule has 0 radical (unpaired) electrons. The number of benzene rings is 2. The van der Waals surface area contributed by atoms with Crippen molar-refractivity contribution in [2.24, 2.45) is 0 Å². The van der Waals surface area contributed by atoms with Crippen molar-refractivity contribution >= 4 is 26.7 Å². The third-order valence-corrected chi connectivity index (χ3v) is 4.52. The summed E-state index contributed by atoms with van der Waals surface area (Å²) in [6.07, 6.45) is 0. The Kier molecular flexibility index (Phi) is 3.60. The fourth-order valence-corrected chi connectivity index (χ4v) is 3.18. The van der Waals surface area contributed by atoms with Gasteiger partial charge in [-0.05, 0) is 42.5 Å². The highest BCUT2D eigenvalue weighted by Gasteiger charge is 2.15. The number of nitrogens with one attached hydrogen (secondary N) is 1. The Hall–Kier alpha value is -3.11. The van der Waals surface area contributed by atoms with Crippen molar-refractivity contribution in [3.8, 4) is 6.07 Å². The first-order valence-corrected chi connectivity index (χ1v) is 8.03. The van der Waals surface area contributed by atoms with E-state index in [-0.39, 0.29) is 10.5 Å². The molecule has 6 nitrogen and oxygen atoms in total. The van der Waals surface area contributed by atoms with Crippen LogP contribution < -0.4 is 10.3 Å². The summed E-state index contributed by atoms with van der Waals surface area (Å²) in [6.45, 7) is 0. The van der Waals surface area contributed by atoms with Crippen molar-refractivity contribution in [3.05, 3.63) is 70.6 Å². The SMILES string of the molecule is N#Cc1cccc(S(=O)(=O)Nc2ccc3oc(=O)ccc3c2)c1. The summed E-state index contributed by atoms with van der Waals surface area (Å²) in [4.78, 5) is 11.1. The lowest BCUT2D eigenvalue weighted by atomic mass is 10.2. The number of hydrogen-bond donors (Lipinski definition) is 1. The molecule has 0 spiro atoms. The minimum Gasteiger partial charge on any atom is -0.423 e. The number of anilines is 1. The molecule has 0 aliphatic heterocycles. The van der Waals surface area contributed by atoms with Gasteiger partial charge >= 0.3 is 5.63 Å². The Morgan fingerprint density at radius 1 is 1.04 bits per heavy atom. The van der Waals surface area contributed by atoms with Gasteiger partial charge in [-0.25, -0.2) is 13.2 Å². The predicted octanol–water partition coefficient (Wildman–Crippen LogP) is 2.47. The van der Waals surface area contributed by atoms with Gasteiger partial charge in [-0.1, -0.05) is 6.07 Å². The maximum absolute atomic E-state index is 12.4. The Bertz CT molecular complexity index is 1090. The van der Waals surface area contributed by atoms with E-state index < -0.39 is 15.6 Å². The van der Waals surface area contributed by atoms with Gasteiger partial charge < -0.3 is 4.42 Å². The van der Waals surface area contributed by atoms with E-state index in [1.165, 1.54) is 42.5 Å². The van der Waals surface area contributed by atoms with Gasteiger partial charge in [-0.15, -0.1) is 0 Å². The molecule has 0 saturated heterocycles. The fourth-order valence-electron chi connectivity index (χ4n) is 2.08. The number of rotatable bonds is 3. The Labute approximate surface area is 131 Å². The summed E-state index contributed by atoms with van der Waals surface area (Å²) in [5, 5.41) is 9.45. The summed E-state index contributed by atoms with van der Waals surface area (Å²) in [5.74, 6) is 0. The van der Waals surface area contributed by atoms with Crippen LogP contribution >= 0.6 is 0 Å². The van der Waals surface area contributed by atoms with Gasteiger partial charge in [-0.3, -0.25) is 4.72 Å². The Balaban J connectivity index is 1.98. The number of nitrogens with zero attached hydrogens (tertiary/aromatic N) is 1. The average molecular weight is 326 g/mol. The molecule has 0 bridgehead atoms. The van der Waals surface area contributed by atoms with Gasteiger partial charge in [0.1, 0.15) is 5.58 Å². The largest absolute Gasteiger partial charge is 0.423 e. The van der Waals surface area contributed by atoms with Crippen LogP contribution in [0, 0.1) is 11.3 Å². The second-order valence-electron chi connectivity index (χ2n) is 4.75. The molecular formula is C16H10N2O4S. The van der Waals surface area contributed by atoms with E-state index in [2.05, 4.69) is 4.72 Å². The van der Waals surface area contributed by atoms with Crippen molar-refractivity contribution in [3.63, 3.8) is 0 Å². The molecule has 0 fully saturated rings. The van der Waals surface area contributed by atoms with Crippen molar-refractivity contribution in [2.75, 3.05) is 4.72 Å². The van der Waals surface area contributed by atoms with Gasteiger partial charge in [0, 0.05) is 17.1 Å². The van der Waals surface area contributed by atoms with Crippen LogP contribution in [0.15, 0.2) is 68.7 Å². The standard InChI is InChI=1S/C16H10N2O4S/c17-10-11-2-1-3-14(8-11)23(20,21)18-13-5-6-15-12(9-13)4-7-16(19)22-15/h1-9,18H. The predicted molar refractivity (Wildman–Crippen MR) is 84.4 cm³/mol. The third-order valence-electron chi connectivity index (χ3n) is 3.14. The number of nitriles is 1. The van der Waals surface area contributed by atoms with Gasteiger partial charge in [0.05, 0.1) is 16.5 Å². The topological polar surface area (TPSA) is 100 Å². The van der Waals surface area contributed by atoms with Crippen LogP contribution in [0.4, 0.5) is 5.69 Å². The first-order valence-electron chi connectivity index (χ1n) is 6.55. The van der Waals surface area contributed by atoms with Gasteiger partial charge in [0.15, 0.2) is 0 Å². The van der Waals surface area contributed by atoms with Crippen LogP contribution in [-0.2, 0) is 10.0 Å². The zero-order valence-corrected chi connectivity index (χ0v) is 12.5. The summed E-state index contributed by atoms with van der Waals surface area (Å²) < 4.78 is 32.2. The lowest BCUT2D eigenvalue weighted by Gasteiger charge is -2.09. The molecule has 0 saturated carbocycles. The molecule has 1 N–H and O–H groups in total. The van der Waals surface area contributed by atoms with Crippen molar-refractivity contribution in [2.45, 2.75) is 4.90 Å². The molecule has 0 unspecified atom stereocenters. The molecular weight excluding hydrogens is 316 g/mol. The Morgan fingerprint density at radius 3 is 2.65 bits per heavy atom. The highest BCUT2D eigenvalue weighted by atomic mass is 32.2. The van der Waals surface area contributed by atoms with E-state index in [4.69, 9.17) is 9.68 Å². The van der Waals surface area contributed by atoms with E-state index >= 15 is 0 Å². The molecule has 3 aromatic rings. The first-order chi connectivity index (χ1) is 11.0. The second-order valence-corrected chi connectivity index (χ2v) is 6.43. The molecule has 0 atom stereocenters. The monoisotopic (exact) mass is 326 g/mol. The lowest BCUT2D eigenvalue weighted by molar-refractivity contribution is 0.561. The molecule has 0 aliphatic carbocycles. The zero-order chi connectivity index (χ0) is 16.4. The molecule has 1 aromatic heterocycles. The second kappa shape index (κ2) is 5.59. The van der Waals surface area contributed by atoms with Gasteiger partial charge in [-0.2, -0.15) is 5.26 Å². The van der Waals surface area contributed by atoms with Crippen LogP contribution in [0.25, 0.3) is 11.0 Å². The van der Waals surface area contributed by atoms with E-state index in [1.807, 2.05) is 6.07 Å². The molecule has 2 aromatic carbocycles. The van der Waals surface area contributed by atoms with Gasteiger partial charge in [0.2, 0.25) is 0 Å². The van der Waals surface area contributed by atoms with Crippen molar-refractivity contribution < 1.29 is 12.8 Å². The van der Waals surface area contributed by atoms with Crippen LogP contribution in [0.1, 0.15) is 5.56 Å². The molecule has 0 aliphatic rings.